The number of aromatic nitrogens is 3. The van der Waals surface area contributed by atoms with Crippen LogP contribution in [-0.4, -0.2) is 47.3 Å². The van der Waals surface area contributed by atoms with Crippen molar-refractivity contribution in [2.24, 2.45) is 5.10 Å². The molecule has 0 saturated carbocycles. The predicted molar refractivity (Wildman–Crippen MR) is 92.6 cm³/mol. The van der Waals surface area contributed by atoms with Crippen molar-refractivity contribution in [2.75, 3.05) is 41.4 Å². The summed E-state index contributed by atoms with van der Waals surface area (Å²) in [7, 11) is 0. The average Bonchev–Trinajstić information content (AvgIpc) is 3.35. The van der Waals surface area contributed by atoms with Gasteiger partial charge in [0, 0.05) is 26.2 Å². The van der Waals surface area contributed by atoms with Crippen LogP contribution in [0, 0.1) is 0 Å². The van der Waals surface area contributed by atoms with E-state index in [4.69, 9.17) is 4.42 Å². The maximum atomic E-state index is 5.22. The maximum Gasteiger partial charge on any atom is 0.250 e. The van der Waals surface area contributed by atoms with Crippen molar-refractivity contribution in [3.8, 4) is 0 Å². The molecule has 0 spiro atoms. The van der Waals surface area contributed by atoms with Gasteiger partial charge in [-0.05, 0) is 37.8 Å². The van der Waals surface area contributed by atoms with Crippen molar-refractivity contribution in [1.82, 2.24) is 15.0 Å². The second-order valence-electron chi connectivity index (χ2n) is 6.03. The summed E-state index contributed by atoms with van der Waals surface area (Å²) in [6.45, 7) is 3.99. The van der Waals surface area contributed by atoms with Gasteiger partial charge in [0.25, 0.3) is 0 Å². The highest BCUT2D eigenvalue weighted by Crippen LogP contribution is 2.22. The quantitative estimate of drug-likeness (QED) is 0.665. The Balaban J connectivity index is 1.56. The van der Waals surface area contributed by atoms with Gasteiger partial charge >= 0.3 is 0 Å². The number of hydrogen-bond acceptors (Lipinski definition) is 8. The van der Waals surface area contributed by atoms with E-state index in [1.807, 2.05) is 12.1 Å². The number of hydrazone groups is 1. The van der Waals surface area contributed by atoms with Gasteiger partial charge in [-0.3, -0.25) is 0 Å². The number of rotatable bonds is 5. The van der Waals surface area contributed by atoms with Gasteiger partial charge in [-0.15, -0.1) is 0 Å². The molecular weight excluding hydrogens is 306 g/mol. The summed E-state index contributed by atoms with van der Waals surface area (Å²) in [6, 6.07) is 3.66. The smallest absolute Gasteiger partial charge is 0.250 e. The Kier molecular flexibility index (Phi) is 4.26. The van der Waals surface area contributed by atoms with Crippen LogP contribution in [0.2, 0.25) is 0 Å². The van der Waals surface area contributed by atoms with Crippen LogP contribution in [0.25, 0.3) is 0 Å². The van der Waals surface area contributed by atoms with Crippen molar-refractivity contribution in [2.45, 2.75) is 25.7 Å². The molecule has 8 nitrogen and oxygen atoms in total. The fraction of sp³-hybridized carbons (Fsp3) is 0.500. The molecule has 24 heavy (non-hydrogen) atoms. The molecule has 0 amide bonds. The number of hydrogen-bond donors (Lipinski definition) is 1. The van der Waals surface area contributed by atoms with Crippen molar-refractivity contribution in [3.63, 3.8) is 0 Å². The minimum Gasteiger partial charge on any atom is -0.463 e. The molecule has 0 unspecified atom stereocenters. The minimum atomic E-state index is 0.469. The standard InChI is InChI=1S/C16H21N7O/c1-2-8-22(7-1)15-18-14(21-17-12-13-6-5-11-24-13)19-16(20-15)23-9-3-4-10-23/h5-6,11-12H,1-4,7-10H2,(H,18,19,20,21)/b17-12+. The predicted octanol–water partition coefficient (Wildman–Crippen LogP) is 2.11. The molecular formula is C16H21N7O. The summed E-state index contributed by atoms with van der Waals surface area (Å²) >= 11 is 0. The zero-order valence-corrected chi connectivity index (χ0v) is 13.6. The summed E-state index contributed by atoms with van der Waals surface area (Å²) in [5.41, 5.74) is 2.90. The third kappa shape index (κ3) is 3.32. The van der Waals surface area contributed by atoms with E-state index in [0.717, 1.165) is 38.1 Å². The summed E-state index contributed by atoms with van der Waals surface area (Å²) in [5, 5.41) is 4.16. The molecule has 4 heterocycles. The van der Waals surface area contributed by atoms with E-state index in [1.165, 1.54) is 25.7 Å². The third-order valence-corrected chi connectivity index (χ3v) is 4.29. The molecule has 0 atom stereocenters. The number of anilines is 3. The van der Waals surface area contributed by atoms with E-state index in [0.29, 0.717) is 11.7 Å². The Morgan fingerprint density at radius 1 is 0.958 bits per heavy atom. The van der Waals surface area contributed by atoms with Crippen LogP contribution < -0.4 is 15.2 Å². The van der Waals surface area contributed by atoms with Crippen LogP contribution in [-0.2, 0) is 0 Å². The lowest BCUT2D eigenvalue weighted by Gasteiger charge is -2.20. The fourth-order valence-electron chi connectivity index (χ4n) is 3.04. The zero-order chi connectivity index (χ0) is 16.2. The van der Waals surface area contributed by atoms with E-state index in [1.54, 1.807) is 12.5 Å². The highest BCUT2D eigenvalue weighted by molar-refractivity contribution is 5.76. The van der Waals surface area contributed by atoms with Gasteiger partial charge in [-0.2, -0.15) is 20.1 Å². The molecule has 1 N–H and O–H groups in total. The lowest BCUT2D eigenvalue weighted by atomic mass is 10.4. The third-order valence-electron chi connectivity index (χ3n) is 4.29. The monoisotopic (exact) mass is 327 g/mol. The first-order valence-corrected chi connectivity index (χ1v) is 8.47. The molecule has 0 aliphatic carbocycles. The Hall–Kier alpha value is -2.64. The molecule has 2 saturated heterocycles. The first-order valence-electron chi connectivity index (χ1n) is 8.47. The molecule has 2 aliphatic rings. The van der Waals surface area contributed by atoms with Gasteiger partial charge in [-0.1, -0.05) is 0 Å². The van der Waals surface area contributed by atoms with Gasteiger partial charge in [-0.25, -0.2) is 5.43 Å². The number of furan rings is 1. The van der Waals surface area contributed by atoms with Crippen LogP contribution in [0.15, 0.2) is 27.9 Å². The number of nitrogens with one attached hydrogen (secondary N) is 1. The van der Waals surface area contributed by atoms with Crippen LogP contribution in [0.1, 0.15) is 31.4 Å². The molecule has 2 aromatic heterocycles. The summed E-state index contributed by atoms with van der Waals surface area (Å²) in [5.74, 6) is 2.62. The molecule has 0 bridgehead atoms. The summed E-state index contributed by atoms with van der Waals surface area (Å²) in [4.78, 5) is 18.2. The molecule has 2 fully saturated rings. The zero-order valence-electron chi connectivity index (χ0n) is 13.6. The summed E-state index contributed by atoms with van der Waals surface area (Å²) < 4.78 is 5.22. The first kappa shape index (κ1) is 14.9. The van der Waals surface area contributed by atoms with E-state index in [-0.39, 0.29) is 0 Å². The van der Waals surface area contributed by atoms with E-state index >= 15 is 0 Å². The van der Waals surface area contributed by atoms with Crippen LogP contribution in [0.3, 0.4) is 0 Å². The van der Waals surface area contributed by atoms with Gasteiger partial charge in [0.1, 0.15) is 5.76 Å². The van der Waals surface area contributed by atoms with Crippen LogP contribution >= 0.6 is 0 Å². The highest BCUT2D eigenvalue weighted by atomic mass is 16.3. The SMILES string of the molecule is C(=N\Nc1nc(N2CCCC2)nc(N2CCCC2)n1)/c1ccco1. The first-order chi connectivity index (χ1) is 11.9. The van der Waals surface area contributed by atoms with E-state index < -0.39 is 0 Å². The van der Waals surface area contributed by atoms with Gasteiger partial charge in [0.15, 0.2) is 0 Å². The van der Waals surface area contributed by atoms with Crippen LogP contribution in [0.5, 0.6) is 0 Å². The average molecular weight is 327 g/mol. The minimum absolute atomic E-state index is 0.469. The second-order valence-corrected chi connectivity index (χ2v) is 6.03. The van der Waals surface area contributed by atoms with Crippen molar-refractivity contribution < 1.29 is 4.42 Å². The van der Waals surface area contributed by atoms with Gasteiger partial charge in [0.2, 0.25) is 17.8 Å². The van der Waals surface area contributed by atoms with Gasteiger partial charge < -0.3 is 14.2 Å². The summed E-state index contributed by atoms with van der Waals surface area (Å²) in [6.07, 6.45) is 7.96. The highest BCUT2D eigenvalue weighted by Gasteiger charge is 2.21. The molecule has 126 valence electrons. The van der Waals surface area contributed by atoms with Crippen molar-refractivity contribution in [3.05, 3.63) is 24.2 Å². The van der Waals surface area contributed by atoms with Crippen LogP contribution in [0.4, 0.5) is 17.8 Å². The molecule has 0 radical (unpaired) electrons. The maximum absolute atomic E-state index is 5.22. The Morgan fingerprint density at radius 2 is 1.58 bits per heavy atom. The Labute approximate surface area is 140 Å². The molecule has 8 heteroatoms. The molecule has 0 aromatic carbocycles. The second kappa shape index (κ2) is 6.86. The molecule has 2 aromatic rings. The van der Waals surface area contributed by atoms with Crippen molar-refractivity contribution >= 4 is 24.1 Å². The van der Waals surface area contributed by atoms with E-state index in [2.05, 4.69) is 35.3 Å². The molecule has 4 rings (SSSR count). The number of nitrogens with zero attached hydrogens (tertiary/aromatic N) is 6. The van der Waals surface area contributed by atoms with Gasteiger partial charge in [0.05, 0.1) is 12.5 Å². The normalized spacial score (nSPS) is 18.0. The lowest BCUT2D eigenvalue weighted by Crippen LogP contribution is -2.25. The fourth-order valence-corrected chi connectivity index (χ4v) is 3.04. The topological polar surface area (TPSA) is 82.7 Å². The molecule has 2 aliphatic heterocycles. The lowest BCUT2D eigenvalue weighted by molar-refractivity contribution is 0.560. The Bertz CT molecular complexity index is 654. The van der Waals surface area contributed by atoms with Crippen molar-refractivity contribution in [1.29, 1.82) is 0 Å². The van der Waals surface area contributed by atoms with E-state index in [9.17, 15) is 0 Å². The largest absolute Gasteiger partial charge is 0.463 e. The Morgan fingerprint density at radius 3 is 2.12 bits per heavy atom.